The molecule has 4 bridgehead atoms. The molecule has 0 unspecified atom stereocenters. The third-order valence-electron chi connectivity index (χ3n) is 7.24. The van der Waals surface area contributed by atoms with Gasteiger partial charge in [0.25, 0.3) is 11.8 Å². The number of likely N-dealkylation sites (tertiary alicyclic amines) is 1. The van der Waals surface area contributed by atoms with Gasteiger partial charge in [-0.25, -0.2) is 4.98 Å². The molecule has 3 aromatic rings. The van der Waals surface area contributed by atoms with E-state index < -0.39 is 12.1 Å². The average Bonchev–Trinajstić information content (AvgIpc) is 3.02. The van der Waals surface area contributed by atoms with Crippen LogP contribution in [0.4, 0.5) is 0 Å². The van der Waals surface area contributed by atoms with E-state index in [4.69, 9.17) is 19.5 Å². The molecule has 2 N–H and O–H groups in total. The zero-order valence-corrected chi connectivity index (χ0v) is 23.2. The van der Waals surface area contributed by atoms with Crippen LogP contribution in [-0.2, 0) is 22.6 Å². The Hall–Kier alpha value is -5.11. The van der Waals surface area contributed by atoms with Crippen LogP contribution >= 0.6 is 0 Å². The molecule has 8 rings (SSSR count). The third-order valence-corrected chi connectivity index (χ3v) is 7.24. The van der Waals surface area contributed by atoms with E-state index >= 15 is 0 Å². The maximum Gasteiger partial charge on any atom is 0.258 e. The van der Waals surface area contributed by atoms with Gasteiger partial charge >= 0.3 is 0 Å². The lowest BCUT2D eigenvalue weighted by atomic mass is 10.0. The van der Waals surface area contributed by atoms with Crippen LogP contribution in [0.25, 0.3) is 0 Å². The molecule has 3 amide bonds. The Morgan fingerprint density at radius 1 is 1.07 bits per heavy atom. The first-order valence-corrected chi connectivity index (χ1v) is 13.7. The van der Waals surface area contributed by atoms with Crippen LogP contribution in [0.1, 0.15) is 40.0 Å². The molecule has 0 radical (unpaired) electrons. The highest BCUT2D eigenvalue weighted by molar-refractivity contribution is 5.94. The second kappa shape index (κ2) is 13.0. The van der Waals surface area contributed by atoms with E-state index in [1.54, 1.807) is 23.1 Å². The predicted octanol–water partition coefficient (Wildman–Crippen LogP) is 2.38. The van der Waals surface area contributed by atoms with E-state index in [0.29, 0.717) is 55.2 Å². The standard InChI is InChI=1S/C31H31N5O6/c1-40-28-14-20-4-10-27(28)41-19-30(38)35-25-18-36(31(39)22-6-7-23(15-32)33-17-22)13-12-26(25)42-24-8-2-21(3-9-24)16-34-29(37)11-5-20/h2-4,6-10,14,17,25-26H,5,11-13,16,18-19H2,1H3,(H,34,37)(H,35,38)/t25-,26-/m1/s1. The number of hydrogen-bond donors (Lipinski definition) is 2. The molecule has 0 spiro atoms. The summed E-state index contributed by atoms with van der Waals surface area (Å²) < 4.78 is 17.5. The van der Waals surface area contributed by atoms with Crippen molar-refractivity contribution in [3.63, 3.8) is 0 Å². The Bertz CT molecular complexity index is 1490. The molecule has 0 saturated carbocycles. The Morgan fingerprint density at radius 2 is 1.88 bits per heavy atom. The van der Waals surface area contributed by atoms with Crippen LogP contribution in [0.2, 0.25) is 0 Å². The van der Waals surface area contributed by atoms with Crippen LogP contribution < -0.4 is 24.8 Å². The highest BCUT2D eigenvalue weighted by Crippen LogP contribution is 2.29. The summed E-state index contributed by atoms with van der Waals surface area (Å²) in [5.41, 5.74) is 2.41. The van der Waals surface area contributed by atoms with E-state index in [1.807, 2.05) is 36.4 Å². The highest BCUT2D eigenvalue weighted by Gasteiger charge is 2.34. The van der Waals surface area contributed by atoms with Crippen LogP contribution in [0.3, 0.4) is 0 Å². The zero-order chi connectivity index (χ0) is 29.5. The number of amides is 3. The molecule has 1 fully saturated rings. The smallest absolute Gasteiger partial charge is 0.258 e. The van der Waals surface area contributed by atoms with Crippen LogP contribution in [0, 0.1) is 11.3 Å². The second-order valence-electron chi connectivity index (χ2n) is 10.1. The molecule has 5 aliphatic rings. The Labute approximate surface area is 243 Å². The van der Waals surface area contributed by atoms with Crippen molar-refractivity contribution in [3.05, 3.63) is 83.2 Å². The molecule has 11 nitrogen and oxygen atoms in total. The number of methoxy groups -OCH3 is 1. The maximum atomic E-state index is 13.2. The number of nitriles is 1. The second-order valence-corrected chi connectivity index (χ2v) is 10.1. The van der Waals surface area contributed by atoms with Gasteiger partial charge in [-0.3, -0.25) is 14.4 Å². The molecule has 0 aliphatic carbocycles. The summed E-state index contributed by atoms with van der Waals surface area (Å²) in [6, 6.07) is 17.3. The lowest BCUT2D eigenvalue weighted by Gasteiger charge is -2.38. The van der Waals surface area contributed by atoms with Crippen LogP contribution in [0.15, 0.2) is 60.8 Å². The minimum atomic E-state index is -0.529. The summed E-state index contributed by atoms with van der Waals surface area (Å²) in [5, 5.41) is 14.9. The van der Waals surface area contributed by atoms with Gasteiger partial charge in [0, 0.05) is 38.7 Å². The average molecular weight is 570 g/mol. The summed E-state index contributed by atoms with van der Waals surface area (Å²) in [6.45, 7) is 0.722. The predicted molar refractivity (Wildman–Crippen MR) is 151 cm³/mol. The normalized spacial score (nSPS) is 19.3. The van der Waals surface area contributed by atoms with Gasteiger partial charge in [0.1, 0.15) is 23.6 Å². The summed E-state index contributed by atoms with van der Waals surface area (Å²) in [5.74, 6) is 0.772. The van der Waals surface area contributed by atoms with Crippen molar-refractivity contribution in [2.45, 2.75) is 38.0 Å². The fraction of sp³-hybridized carbons (Fsp3) is 0.323. The lowest BCUT2D eigenvalue weighted by Crippen LogP contribution is -2.58. The quantitative estimate of drug-likeness (QED) is 0.479. The van der Waals surface area contributed by atoms with E-state index in [0.717, 1.165) is 11.1 Å². The Morgan fingerprint density at radius 3 is 2.62 bits per heavy atom. The van der Waals surface area contributed by atoms with Crippen molar-refractivity contribution in [1.82, 2.24) is 20.5 Å². The number of carbonyl (C=O) groups is 3. The van der Waals surface area contributed by atoms with Crippen molar-refractivity contribution in [2.24, 2.45) is 0 Å². The first kappa shape index (κ1) is 28.4. The van der Waals surface area contributed by atoms with Gasteiger partial charge in [0.05, 0.1) is 18.7 Å². The van der Waals surface area contributed by atoms with Crippen molar-refractivity contribution in [1.29, 1.82) is 5.26 Å². The molecular formula is C31H31N5O6. The number of carbonyl (C=O) groups excluding carboxylic acids is 3. The summed E-state index contributed by atoms with van der Waals surface area (Å²) in [6.07, 6.45) is 2.27. The zero-order valence-electron chi connectivity index (χ0n) is 23.2. The molecule has 216 valence electrons. The van der Waals surface area contributed by atoms with Crippen molar-refractivity contribution in [2.75, 3.05) is 26.8 Å². The largest absolute Gasteiger partial charge is 0.493 e. The Balaban J connectivity index is 1.37. The molecule has 42 heavy (non-hydrogen) atoms. The number of hydrogen-bond acceptors (Lipinski definition) is 8. The first-order chi connectivity index (χ1) is 20.4. The highest BCUT2D eigenvalue weighted by atomic mass is 16.5. The number of piperidine rings is 1. The maximum absolute atomic E-state index is 13.2. The monoisotopic (exact) mass is 569 g/mol. The number of benzene rings is 2. The van der Waals surface area contributed by atoms with Gasteiger partial charge in [-0.15, -0.1) is 0 Å². The molecular weight excluding hydrogens is 538 g/mol. The number of pyridine rings is 1. The van der Waals surface area contributed by atoms with Crippen molar-refractivity contribution < 1.29 is 28.6 Å². The molecule has 2 aromatic carbocycles. The molecule has 5 aliphatic heterocycles. The van der Waals surface area contributed by atoms with Crippen molar-refractivity contribution >= 4 is 17.7 Å². The fourth-order valence-corrected chi connectivity index (χ4v) is 4.95. The number of aromatic nitrogens is 1. The molecule has 2 atom stereocenters. The molecule has 1 aromatic heterocycles. The first-order valence-electron chi connectivity index (χ1n) is 13.7. The third kappa shape index (κ3) is 6.96. The van der Waals surface area contributed by atoms with Gasteiger partial charge in [-0.1, -0.05) is 18.2 Å². The van der Waals surface area contributed by atoms with Crippen LogP contribution in [0.5, 0.6) is 17.2 Å². The van der Waals surface area contributed by atoms with E-state index in [9.17, 15) is 14.4 Å². The van der Waals surface area contributed by atoms with E-state index in [1.165, 1.54) is 19.4 Å². The number of nitrogens with one attached hydrogen (secondary N) is 2. The van der Waals surface area contributed by atoms with E-state index in [-0.39, 0.29) is 36.6 Å². The van der Waals surface area contributed by atoms with Gasteiger partial charge in [0.2, 0.25) is 5.91 Å². The lowest BCUT2D eigenvalue weighted by molar-refractivity contribution is -0.125. The van der Waals surface area contributed by atoms with Gasteiger partial charge in [0.15, 0.2) is 18.1 Å². The van der Waals surface area contributed by atoms with Gasteiger partial charge < -0.3 is 29.7 Å². The summed E-state index contributed by atoms with van der Waals surface area (Å²) in [4.78, 5) is 44.4. The van der Waals surface area contributed by atoms with Gasteiger partial charge in [-0.05, 0) is 53.9 Å². The Kier molecular flexibility index (Phi) is 8.82. The minimum absolute atomic E-state index is 0.0679. The number of aryl methyl sites for hydroxylation is 1. The molecule has 11 heteroatoms. The van der Waals surface area contributed by atoms with Crippen LogP contribution in [-0.4, -0.2) is 66.6 Å². The van der Waals surface area contributed by atoms with Crippen molar-refractivity contribution in [3.8, 4) is 23.3 Å². The topological polar surface area (TPSA) is 143 Å². The SMILES string of the molecule is COc1cc2ccc1OCC(=O)N[C@@H]1CN(C(=O)c3ccc(C#N)nc3)CC[C@H]1Oc1ccc(cc1)CNC(=O)CC2. The fourth-order valence-electron chi connectivity index (χ4n) is 4.95. The molecule has 6 heterocycles. The van der Waals surface area contributed by atoms with Gasteiger partial charge in [-0.2, -0.15) is 5.26 Å². The number of ether oxygens (including phenoxy) is 3. The number of nitrogens with zero attached hydrogens (tertiary/aromatic N) is 3. The summed E-state index contributed by atoms with van der Waals surface area (Å²) >= 11 is 0. The summed E-state index contributed by atoms with van der Waals surface area (Å²) in [7, 11) is 1.52. The van der Waals surface area contributed by atoms with E-state index in [2.05, 4.69) is 15.6 Å². The minimum Gasteiger partial charge on any atom is -0.493 e. The molecule has 1 saturated heterocycles. The number of rotatable bonds is 2.